The molecule has 1 spiro atoms. The van der Waals surface area contributed by atoms with Crippen molar-refractivity contribution in [3.63, 3.8) is 0 Å². The fourth-order valence-corrected chi connectivity index (χ4v) is 5.34. The third-order valence-electron chi connectivity index (χ3n) is 6.97. The molecule has 192 valence electrons. The topological polar surface area (TPSA) is 84.0 Å². The fourth-order valence-electron chi connectivity index (χ4n) is 5.34. The highest BCUT2D eigenvalue weighted by Crippen LogP contribution is 2.50. The molecule has 1 aliphatic carbocycles. The molecule has 1 N–H and O–H groups in total. The Morgan fingerprint density at radius 2 is 1.83 bits per heavy atom. The predicted octanol–water partition coefficient (Wildman–Crippen LogP) is 2.67. The van der Waals surface area contributed by atoms with Crippen molar-refractivity contribution < 1.29 is 45.4 Å². The van der Waals surface area contributed by atoms with Gasteiger partial charge in [-0.05, 0) is 25.3 Å². The molecular formula is C21H22F6N4O4. The largest absolute Gasteiger partial charge is 0.474 e. The summed E-state index contributed by atoms with van der Waals surface area (Å²) in [5, 5.41) is 2.84. The van der Waals surface area contributed by atoms with Gasteiger partial charge in [0.15, 0.2) is 5.69 Å². The second-order valence-electron chi connectivity index (χ2n) is 9.59. The molecule has 0 unspecified atom stereocenters. The average molecular weight is 508 g/mol. The minimum Gasteiger partial charge on any atom is -0.474 e. The van der Waals surface area contributed by atoms with Gasteiger partial charge in [-0.25, -0.2) is 9.78 Å². The summed E-state index contributed by atoms with van der Waals surface area (Å²) in [6.45, 7) is 1.78. The van der Waals surface area contributed by atoms with Crippen LogP contribution in [0.15, 0.2) is 12.1 Å². The molecular weight excluding hydrogens is 486 g/mol. The van der Waals surface area contributed by atoms with E-state index in [1.165, 1.54) is 0 Å². The minimum atomic E-state index is -5.28. The molecule has 2 atom stereocenters. The maximum absolute atomic E-state index is 13.1. The lowest BCUT2D eigenvalue weighted by atomic mass is 9.62. The number of urea groups is 1. The molecule has 4 fully saturated rings. The number of rotatable bonds is 2. The van der Waals surface area contributed by atoms with E-state index in [0.717, 1.165) is 6.07 Å². The highest BCUT2D eigenvalue weighted by atomic mass is 19.4. The first-order valence-corrected chi connectivity index (χ1v) is 11.1. The molecule has 3 aliphatic heterocycles. The van der Waals surface area contributed by atoms with Gasteiger partial charge in [-0.3, -0.25) is 4.79 Å². The van der Waals surface area contributed by atoms with Gasteiger partial charge in [0.1, 0.15) is 12.7 Å². The maximum Gasteiger partial charge on any atom is 0.434 e. The van der Waals surface area contributed by atoms with Crippen LogP contribution in [-0.4, -0.2) is 77.8 Å². The van der Waals surface area contributed by atoms with E-state index in [0.29, 0.717) is 51.5 Å². The summed E-state index contributed by atoms with van der Waals surface area (Å²) >= 11 is 0. The SMILES string of the molecule is O=C1CO[C@H]2CCN(C(=O)N3CC4(CC(Oc5ccc(C(F)(F)F)c(C(F)(F)F)n5)C4)C3)C[C@H]2N1. The van der Waals surface area contributed by atoms with Crippen molar-refractivity contribution in [1.29, 1.82) is 0 Å². The maximum atomic E-state index is 13.1. The first kappa shape index (κ1) is 23.9. The Morgan fingerprint density at radius 1 is 1.11 bits per heavy atom. The summed E-state index contributed by atoms with van der Waals surface area (Å²) in [6.07, 6.45) is -9.55. The number of nitrogens with zero attached hydrogens (tertiary/aromatic N) is 3. The Morgan fingerprint density at radius 3 is 2.49 bits per heavy atom. The summed E-state index contributed by atoms with van der Waals surface area (Å²) in [5.41, 5.74) is -4.11. The van der Waals surface area contributed by atoms with Crippen molar-refractivity contribution in [2.75, 3.05) is 32.8 Å². The molecule has 8 nitrogen and oxygen atoms in total. The van der Waals surface area contributed by atoms with Crippen molar-refractivity contribution in [2.45, 2.75) is 49.9 Å². The van der Waals surface area contributed by atoms with Gasteiger partial charge in [0, 0.05) is 37.7 Å². The summed E-state index contributed by atoms with van der Waals surface area (Å²) in [5.74, 6) is -0.731. The molecule has 0 aromatic carbocycles. The lowest BCUT2D eigenvalue weighted by Crippen LogP contribution is -2.69. The number of piperidine rings is 1. The number of nitrogens with one attached hydrogen (secondary N) is 1. The number of aromatic nitrogens is 1. The molecule has 1 aromatic rings. The third kappa shape index (κ3) is 4.59. The Kier molecular flexibility index (Phi) is 5.57. The number of hydrogen-bond donors (Lipinski definition) is 1. The van der Waals surface area contributed by atoms with Crippen molar-refractivity contribution in [1.82, 2.24) is 20.1 Å². The zero-order valence-electron chi connectivity index (χ0n) is 18.3. The van der Waals surface area contributed by atoms with Crippen LogP contribution in [0.2, 0.25) is 0 Å². The summed E-state index contributed by atoms with van der Waals surface area (Å²) in [4.78, 5) is 30.8. The Balaban J connectivity index is 1.13. The monoisotopic (exact) mass is 508 g/mol. The number of halogens is 6. The van der Waals surface area contributed by atoms with Crippen LogP contribution in [0.5, 0.6) is 5.88 Å². The highest BCUT2D eigenvalue weighted by Gasteiger charge is 2.56. The highest BCUT2D eigenvalue weighted by molar-refractivity contribution is 5.79. The standard InChI is InChI=1S/C21H22F6N4O4/c22-20(23,24)12-1-2-16(29-17(12)21(25,26)27)35-11-5-19(6-11)9-31(10-19)18(33)30-4-3-14-13(7-30)28-15(32)8-34-14/h1-2,11,13-14H,3-10H2,(H,28,32)/t13-,14+/m1/s1. The van der Waals surface area contributed by atoms with E-state index in [4.69, 9.17) is 9.47 Å². The minimum absolute atomic E-state index is 0.0203. The number of likely N-dealkylation sites (tertiary alicyclic amines) is 2. The molecule has 1 aromatic heterocycles. The molecule has 35 heavy (non-hydrogen) atoms. The van der Waals surface area contributed by atoms with Crippen LogP contribution in [0.3, 0.4) is 0 Å². The van der Waals surface area contributed by atoms with Crippen LogP contribution in [0.25, 0.3) is 0 Å². The van der Waals surface area contributed by atoms with Gasteiger partial charge >= 0.3 is 18.4 Å². The molecule has 4 heterocycles. The Bertz CT molecular complexity index is 1020. The lowest BCUT2D eigenvalue weighted by Gasteiger charge is -2.59. The molecule has 5 rings (SSSR count). The van der Waals surface area contributed by atoms with Gasteiger partial charge in [0.25, 0.3) is 0 Å². The zero-order chi connectivity index (χ0) is 25.2. The number of ether oxygens (including phenoxy) is 2. The van der Waals surface area contributed by atoms with Crippen molar-refractivity contribution in [2.24, 2.45) is 5.41 Å². The van der Waals surface area contributed by atoms with Crippen LogP contribution in [0, 0.1) is 5.41 Å². The zero-order valence-corrected chi connectivity index (χ0v) is 18.3. The molecule has 4 aliphatic rings. The van der Waals surface area contributed by atoms with Crippen molar-refractivity contribution in [3.8, 4) is 5.88 Å². The van der Waals surface area contributed by atoms with E-state index in [-0.39, 0.29) is 36.1 Å². The quantitative estimate of drug-likeness (QED) is 0.622. The fraction of sp³-hybridized carbons (Fsp3) is 0.667. The molecule has 14 heteroatoms. The number of carbonyl (C=O) groups is 2. The van der Waals surface area contributed by atoms with E-state index in [1.807, 2.05) is 0 Å². The Labute approximate surface area is 195 Å². The van der Waals surface area contributed by atoms with E-state index in [9.17, 15) is 35.9 Å². The van der Waals surface area contributed by atoms with Crippen LogP contribution in [-0.2, 0) is 21.9 Å². The van der Waals surface area contributed by atoms with E-state index < -0.39 is 35.6 Å². The number of fused-ring (bicyclic) bond motifs is 1. The van der Waals surface area contributed by atoms with E-state index in [1.54, 1.807) is 9.80 Å². The summed E-state index contributed by atoms with van der Waals surface area (Å²) < 4.78 is 88.8. The van der Waals surface area contributed by atoms with Gasteiger partial charge in [0.05, 0.1) is 17.7 Å². The Hall–Kier alpha value is -2.77. The number of hydrogen-bond acceptors (Lipinski definition) is 5. The second kappa shape index (κ2) is 8.14. The smallest absolute Gasteiger partial charge is 0.434 e. The van der Waals surface area contributed by atoms with Crippen LogP contribution >= 0.6 is 0 Å². The molecule has 0 bridgehead atoms. The number of carbonyl (C=O) groups excluding carboxylic acids is 2. The normalized spacial score (nSPS) is 26.5. The number of amides is 3. The van der Waals surface area contributed by atoms with Gasteiger partial charge in [0.2, 0.25) is 11.8 Å². The first-order chi connectivity index (χ1) is 16.3. The third-order valence-corrected chi connectivity index (χ3v) is 6.97. The predicted molar refractivity (Wildman–Crippen MR) is 105 cm³/mol. The van der Waals surface area contributed by atoms with Gasteiger partial charge in [-0.2, -0.15) is 26.3 Å². The number of morpholine rings is 1. The van der Waals surface area contributed by atoms with Gasteiger partial charge < -0.3 is 24.6 Å². The van der Waals surface area contributed by atoms with Gasteiger partial charge in [-0.1, -0.05) is 0 Å². The molecule has 3 saturated heterocycles. The van der Waals surface area contributed by atoms with E-state index >= 15 is 0 Å². The molecule has 3 amide bonds. The van der Waals surface area contributed by atoms with E-state index in [2.05, 4.69) is 10.3 Å². The number of alkyl halides is 6. The lowest BCUT2D eigenvalue weighted by molar-refractivity contribution is -0.165. The summed E-state index contributed by atoms with van der Waals surface area (Å²) in [7, 11) is 0. The van der Waals surface area contributed by atoms with Gasteiger partial charge in [-0.15, -0.1) is 0 Å². The molecule has 0 radical (unpaired) electrons. The molecule has 1 saturated carbocycles. The van der Waals surface area contributed by atoms with Crippen molar-refractivity contribution in [3.05, 3.63) is 23.4 Å². The average Bonchev–Trinajstić information content (AvgIpc) is 2.72. The van der Waals surface area contributed by atoms with Crippen LogP contribution < -0.4 is 10.1 Å². The first-order valence-electron chi connectivity index (χ1n) is 11.1. The van der Waals surface area contributed by atoms with Crippen molar-refractivity contribution >= 4 is 11.9 Å². The summed E-state index contributed by atoms with van der Waals surface area (Å²) in [6, 6.07) is 0.713. The van der Waals surface area contributed by atoms with Crippen LogP contribution in [0.1, 0.15) is 30.5 Å². The van der Waals surface area contributed by atoms with Crippen LogP contribution in [0.4, 0.5) is 31.1 Å². The second-order valence-corrected chi connectivity index (χ2v) is 9.59. The number of pyridine rings is 1.